The third-order valence-corrected chi connectivity index (χ3v) is 2.73. The highest BCUT2D eigenvalue weighted by molar-refractivity contribution is 5.35. The molecule has 0 atom stereocenters. The molecule has 0 spiro atoms. The number of hydrogen-bond acceptors (Lipinski definition) is 4. The third kappa shape index (κ3) is 3.96. The molecule has 2 aromatic rings. The smallest absolute Gasteiger partial charge is 0.223 e. The minimum atomic E-state index is 0.629. The monoisotopic (exact) mass is 272 g/mol. The van der Waals surface area contributed by atoms with E-state index in [4.69, 9.17) is 9.47 Å². The zero-order chi connectivity index (χ0) is 14.2. The molecule has 0 radical (unpaired) electrons. The van der Waals surface area contributed by atoms with Crippen molar-refractivity contribution < 1.29 is 9.47 Å². The van der Waals surface area contributed by atoms with Gasteiger partial charge in [-0.15, -0.1) is 0 Å². The number of nitrogens with one attached hydrogen (secondary N) is 1. The van der Waals surface area contributed by atoms with Crippen LogP contribution in [-0.4, -0.2) is 18.6 Å². The quantitative estimate of drug-likeness (QED) is 0.839. The lowest BCUT2D eigenvalue weighted by molar-refractivity contribution is 0.317. The van der Waals surface area contributed by atoms with Crippen molar-refractivity contribution in [2.75, 3.05) is 13.7 Å². The van der Waals surface area contributed by atoms with E-state index in [9.17, 15) is 0 Å². The second-order valence-corrected chi connectivity index (χ2v) is 4.42. The van der Waals surface area contributed by atoms with Crippen LogP contribution in [0.3, 0.4) is 0 Å². The van der Waals surface area contributed by atoms with Crippen LogP contribution in [0.1, 0.15) is 18.9 Å². The summed E-state index contributed by atoms with van der Waals surface area (Å²) in [6.45, 7) is 3.54. The molecule has 1 aromatic carbocycles. The molecule has 2 rings (SSSR count). The molecule has 1 aromatic heterocycles. The van der Waals surface area contributed by atoms with E-state index in [0.717, 1.165) is 36.6 Å². The summed E-state index contributed by atoms with van der Waals surface area (Å²) in [7, 11) is 1.90. The number of benzene rings is 1. The molecular weight excluding hydrogens is 252 g/mol. The van der Waals surface area contributed by atoms with Crippen molar-refractivity contribution in [3.8, 4) is 17.4 Å². The molecule has 1 N–H and O–H groups in total. The van der Waals surface area contributed by atoms with Gasteiger partial charge in [0.1, 0.15) is 11.5 Å². The Kier molecular flexibility index (Phi) is 5.38. The maximum Gasteiger partial charge on any atom is 0.223 e. The minimum Gasteiger partial charge on any atom is -0.494 e. The molecule has 0 aliphatic heterocycles. The summed E-state index contributed by atoms with van der Waals surface area (Å²) in [6.07, 6.45) is 2.73. The average Bonchev–Trinajstić information content (AvgIpc) is 2.49. The van der Waals surface area contributed by atoms with Gasteiger partial charge in [-0.2, -0.15) is 0 Å². The number of aromatic nitrogens is 1. The van der Waals surface area contributed by atoms with E-state index in [0.29, 0.717) is 5.88 Å². The SMILES string of the molecule is CCCOc1ccc(Oc2ncccc2CNC)cc1. The lowest BCUT2D eigenvalue weighted by Crippen LogP contribution is -2.07. The molecular formula is C16H20N2O2. The Morgan fingerprint density at radius 2 is 1.85 bits per heavy atom. The first-order valence-electron chi connectivity index (χ1n) is 6.82. The first-order valence-corrected chi connectivity index (χ1v) is 6.82. The zero-order valence-corrected chi connectivity index (χ0v) is 11.9. The van der Waals surface area contributed by atoms with E-state index in [-0.39, 0.29) is 0 Å². The highest BCUT2D eigenvalue weighted by Gasteiger charge is 2.05. The summed E-state index contributed by atoms with van der Waals surface area (Å²) in [6, 6.07) is 11.5. The van der Waals surface area contributed by atoms with Crippen LogP contribution >= 0.6 is 0 Å². The molecule has 0 aliphatic rings. The Morgan fingerprint density at radius 1 is 1.10 bits per heavy atom. The van der Waals surface area contributed by atoms with E-state index in [1.165, 1.54) is 0 Å². The van der Waals surface area contributed by atoms with Crippen molar-refractivity contribution in [2.45, 2.75) is 19.9 Å². The maximum atomic E-state index is 5.81. The fourth-order valence-electron chi connectivity index (χ4n) is 1.78. The second-order valence-electron chi connectivity index (χ2n) is 4.42. The Morgan fingerprint density at radius 3 is 2.55 bits per heavy atom. The molecule has 4 heteroatoms. The van der Waals surface area contributed by atoms with Crippen LogP contribution < -0.4 is 14.8 Å². The molecule has 0 saturated carbocycles. The topological polar surface area (TPSA) is 43.4 Å². The number of rotatable bonds is 7. The van der Waals surface area contributed by atoms with Gasteiger partial charge in [-0.3, -0.25) is 0 Å². The van der Waals surface area contributed by atoms with Gasteiger partial charge in [0.25, 0.3) is 0 Å². The maximum absolute atomic E-state index is 5.81. The van der Waals surface area contributed by atoms with Gasteiger partial charge in [0.15, 0.2) is 0 Å². The van der Waals surface area contributed by atoms with Crippen LogP contribution in [0.2, 0.25) is 0 Å². The van der Waals surface area contributed by atoms with Gasteiger partial charge < -0.3 is 14.8 Å². The fraction of sp³-hybridized carbons (Fsp3) is 0.312. The lowest BCUT2D eigenvalue weighted by Gasteiger charge is -2.10. The molecule has 4 nitrogen and oxygen atoms in total. The van der Waals surface area contributed by atoms with Crippen molar-refractivity contribution in [2.24, 2.45) is 0 Å². The van der Waals surface area contributed by atoms with Gasteiger partial charge in [-0.05, 0) is 43.8 Å². The van der Waals surface area contributed by atoms with Crippen molar-refractivity contribution in [3.63, 3.8) is 0 Å². The molecule has 0 bridgehead atoms. The lowest BCUT2D eigenvalue weighted by atomic mass is 10.2. The second kappa shape index (κ2) is 7.50. The molecule has 106 valence electrons. The molecule has 0 unspecified atom stereocenters. The Bertz CT molecular complexity index is 526. The normalized spacial score (nSPS) is 10.3. The van der Waals surface area contributed by atoms with Gasteiger partial charge in [0, 0.05) is 18.3 Å². The predicted octanol–water partition coefficient (Wildman–Crippen LogP) is 3.38. The molecule has 0 saturated heterocycles. The van der Waals surface area contributed by atoms with E-state index in [1.54, 1.807) is 6.20 Å². The van der Waals surface area contributed by atoms with E-state index >= 15 is 0 Å². The largest absolute Gasteiger partial charge is 0.494 e. The summed E-state index contributed by atoms with van der Waals surface area (Å²) in [5, 5.41) is 3.10. The van der Waals surface area contributed by atoms with Crippen LogP contribution in [0.25, 0.3) is 0 Å². The van der Waals surface area contributed by atoms with Crippen LogP contribution in [0, 0.1) is 0 Å². The third-order valence-electron chi connectivity index (χ3n) is 2.73. The molecule has 20 heavy (non-hydrogen) atoms. The summed E-state index contributed by atoms with van der Waals surface area (Å²) in [5.41, 5.74) is 1.03. The van der Waals surface area contributed by atoms with Gasteiger partial charge in [0.2, 0.25) is 5.88 Å². The molecule has 0 aliphatic carbocycles. The van der Waals surface area contributed by atoms with Crippen LogP contribution in [0.15, 0.2) is 42.6 Å². The Hall–Kier alpha value is -2.07. The van der Waals surface area contributed by atoms with Gasteiger partial charge in [-0.1, -0.05) is 13.0 Å². The van der Waals surface area contributed by atoms with Crippen molar-refractivity contribution in [3.05, 3.63) is 48.2 Å². The van der Waals surface area contributed by atoms with E-state index in [2.05, 4.69) is 17.2 Å². The summed E-state index contributed by atoms with van der Waals surface area (Å²) < 4.78 is 11.4. The Labute approximate surface area is 119 Å². The van der Waals surface area contributed by atoms with Crippen molar-refractivity contribution in [1.29, 1.82) is 0 Å². The fourth-order valence-corrected chi connectivity index (χ4v) is 1.78. The molecule has 0 amide bonds. The van der Waals surface area contributed by atoms with Gasteiger partial charge in [-0.25, -0.2) is 4.98 Å². The Balaban J connectivity index is 2.06. The van der Waals surface area contributed by atoms with E-state index in [1.807, 2.05) is 43.4 Å². The standard InChI is InChI=1S/C16H20N2O2/c1-3-11-19-14-6-8-15(9-7-14)20-16-13(12-17-2)5-4-10-18-16/h4-10,17H,3,11-12H2,1-2H3. The average molecular weight is 272 g/mol. The molecule has 1 heterocycles. The van der Waals surface area contributed by atoms with Crippen LogP contribution in [0.5, 0.6) is 17.4 Å². The summed E-state index contributed by atoms with van der Waals surface area (Å²) >= 11 is 0. The first kappa shape index (κ1) is 14.3. The number of ether oxygens (including phenoxy) is 2. The number of hydrogen-bond donors (Lipinski definition) is 1. The summed E-state index contributed by atoms with van der Waals surface area (Å²) in [4.78, 5) is 4.27. The van der Waals surface area contributed by atoms with Crippen LogP contribution in [0.4, 0.5) is 0 Å². The van der Waals surface area contributed by atoms with Gasteiger partial charge >= 0.3 is 0 Å². The van der Waals surface area contributed by atoms with Crippen molar-refractivity contribution >= 4 is 0 Å². The zero-order valence-electron chi connectivity index (χ0n) is 11.9. The highest BCUT2D eigenvalue weighted by Crippen LogP contribution is 2.24. The predicted molar refractivity (Wildman–Crippen MR) is 79.3 cm³/mol. The highest BCUT2D eigenvalue weighted by atomic mass is 16.5. The van der Waals surface area contributed by atoms with E-state index < -0.39 is 0 Å². The summed E-state index contributed by atoms with van der Waals surface area (Å²) in [5.74, 6) is 2.24. The first-order chi connectivity index (χ1) is 9.83. The molecule has 0 fully saturated rings. The number of nitrogens with zero attached hydrogens (tertiary/aromatic N) is 1. The van der Waals surface area contributed by atoms with Crippen molar-refractivity contribution in [1.82, 2.24) is 10.3 Å². The van der Waals surface area contributed by atoms with Gasteiger partial charge in [0.05, 0.1) is 6.61 Å². The van der Waals surface area contributed by atoms with Crippen LogP contribution in [-0.2, 0) is 6.54 Å². The number of pyridine rings is 1. The minimum absolute atomic E-state index is 0.629.